The first kappa shape index (κ1) is 36.0. The molecule has 3 nitrogen and oxygen atoms in total. The standard InChI is InChI=1S/C59H40N2O/c1-59(2)52-22-12-10-19-47(52)50-35-42(26-28-53(50)59)46-18-8-9-20-48(46)55-36-54(60-58(61-55)38-15-4-3-5-16-38)45-32-43(40-25-24-37-14-6-7-17-39(37)30-40)31-44(33-45)41-27-29-57-51(34-41)49-21-11-13-23-56(49)62-57/h3-36H,1-2H3. The van der Waals surface area contributed by atoms with Crippen molar-refractivity contribution in [3.05, 3.63) is 217 Å². The molecule has 0 fully saturated rings. The Morgan fingerprint density at radius 3 is 1.81 bits per heavy atom. The summed E-state index contributed by atoms with van der Waals surface area (Å²) in [6.45, 7) is 4.66. The molecule has 62 heavy (non-hydrogen) atoms. The third-order valence-corrected chi connectivity index (χ3v) is 12.9. The Labute approximate surface area is 360 Å². The second kappa shape index (κ2) is 14.1. The highest BCUT2D eigenvalue weighted by molar-refractivity contribution is 6.06. The summed E-state index contributed by atoms with van der Waals surface area (Å²) < 4.78 is 6.25. The van der Waals surface area contributed by atoms with E-state index in [-0.39, 0.29) is 5.41 Å². The predicted molar refractivity (Wildman–Crippen MR) is 257 cm³/mol. The Hall–Kier alpha value is -7.88. The molecule has 0 unspecified atom stereocenters. The Morgan fingerprint density at radius 1 is 0.339 bits per heavy atom. The first-order valence-electron chi connectivity index (χ1n) is 21.3. The lowest BCUT2D eigenvalue weighted by molar-refractivity contribution is 0.660. The molecule has 0 spiro atoms. The van der Waals surface area contributed by atoms with Crippen LogP contribution in [0.2, 0.25) is 0 Å². The van der Waals surface area contributed by atoms with Crippen molar-refractivity contribution < 1.29 is 4.42 Å². The van der Waals surface area contributed by atoms with Crippen LogP contribution in [0.4, 0.5) is 0 Å². The molecule has 11 aromatic rings. The molecule has 0 saturated heterocycles. The van der Waals surface area contributed by atoms with Crippen LogP contribution in [0.5, 0.6) is 0 Å². The smallest absolute Gasteiger partial charge is 0.160 e. The Kier molecular flexibility index (Phi) is 8.20. The molecule has 2 aromatic heterocycles. The molecule has 12 rings (SSSR count). The van der Waals surface area contributed by atoms with Gasteiger partial charge in [0.25, 0.3) is 0 Å². The SMILES string of the molecule is CC1(C)c2ccccc2-c2cc(-c3ccccc3-c3cc(-c4cc(-c5ccc6ccccc6c5)cc(-c5ccc6oc7ccccc7c6c5)c4)nc(-c4ccccc4)n3)ccc21. The van der Waals surface area contributed by atoms with Gasteiger partial charge in [-0.2, -0.15) is 0 Å². The molecule has 0 bridgehead atoms. The lowest BCUT2D eigenvalue weighted by Gasteiger charge is -2.21. The quantitative estimate of drug-likeness (QED) is 0.168. The lowest BCUT2D eigenvalue weighted by atomic mass is 9.82. The average Bonchev–Trinajstić information content (AvgIpc) is 3.82. The van der Waals surface area contributed by atoms with Gasteiger partial charge in [0.15, 0.2) is 5.82 Å². The maximum atomic E-state index is 6.25. The summed E-state index contributed by atoms with van der Waals surface area (Å²) in [4.78, 5) is 10.7. The van der Waals surface area contributed by atoms with E-state index in [4.69, 9.17) is 14.4 Å². The van der Waals surface area contributed by atoms with Crippen LogP contribution in [0.25, 0.3) is 111 Å². The fourth-order valence-electron chi connectivity index (χ4n) is 9.68. The van der Waals surface area contributed by atoms with Crippen LogP contribution < -0.4 is 0 Å². The third-order valence-electron chi connectivity index (χ3n) is 12.9. The van der Waals surface area contributed by atoms with Gasteiger partial charge in [0.05, 0.1) is 11.4 Å². The number of para-hydroxylation sites is 1. The van der Waals surface area contributed by atoms with Crippen molar-refractivity contribution in [1.29, 1.82) is 0 Å². The largest absolute Gasteiger partial charge is 0.456 e. The van der Waals surface area contributed by atoms with Crippen LogP contribution in [0.3, 0.4) is 0 Å². The maximum Gasteiger partial charge on any atom is 0.160 e. The number of furan rings is 1. The molecule has 0 amide bonds. The fourth-order valence-corrected chi connectivity index (χ4v) is 9.68. The summed E-state index contributed by atoms with van der Waals surface area (Å²) in [6.07, 6.45) is 0. The van der Waals surface area contributed by atoms with Crippen LogP contribution in [0.15, 0.2) is 211 Å². The minimum Gasteiger partial charge on any atom is -0.456 e. The number of hydrogen-bond donors (Lipinski definition) is 0. The van der Waals surface area contributed by atoms with Crippen LogP contribution in [-0.2, 0) is 5.41 Å². The van der Waals surface area contributed by atoms with Crippen molar-refractivity contribution in [3.63, 3.8) is 0 Å². The molecule has 0 aliphatic heterocycles. The molecule has 0 atom stereocenters. The molecule has 9 aromatic carbocycles. The monoisotopic (exact) mass is 792 g/mol. The van der Waals surface area contributed by atoms with Crippen LogP contribution in [0, 0.1) is 0 Å². The number of hydrogen-bond acceptors (Lipinski definition) is 3. The second-order valence-corrected chi connectivity index (χ2v) is 17.0. The molecule has 3 heteroatoms. The van der Waals surface area contributed by atoms with Crippen molar-refractivity contribution in [1.82, 2.24) is 9.97 Å². The van der Waals surface area contributed by atoms with E-state index < -0.39 is 0 Å². The van der Waals surface area contributed by atoms with Gasteiger partial charge in [-0.15, -0.1) is 0 Å². The average molecular weight is 793 g/mol. The molecule has 0 N–H and O–H groups in total. The van der Waals surface area contributed by atoms with E-state index in [0.717, 1.165) is 83.4 Å². The van der Waals surface area contributed by atoms with E-state index in [1.807, 2.05) is 18.2 Å². The van der Waals surface area contributed by atoms with Gasteiger partial charge in [0.2, 0.25) is 0 Å². The highest BCUT2D eigenvalue weighted by Crippen LogP contribution is 2.50. The molecule has 1 aliphatic carbocycles. The number of benzene rings is 9. The van der Waals surface area contributed by atoms with E-state index in [1.54, 1.807) is 0 Å². The minimum atomic E-state index is -0.0611. The molecule has 292 valence electrons. The van der Waals surface area contributed by atoms with Gasteiger partial charge in [-0.05, 0) is 121 Å². The van der Waals surface area contributed by atoms with Gasteiger partial charge in [0, 0.05) is 32.9 Å². The Bertz CT molecular complexity index is 3560. The van der Waals surface area contributed by atoms with Crippen molar-refractivity contribution in [2.75, 3.05) is 0 Å². The van der Waals surface area contributed by atoms with Gasteiger partial charge in [-0.25, -0.2) is 9.97 Å². The van der Waals surface area contributed by atoms with Gasteiger partial charge in [-0.1, -0.05) is 166 Å². The lowest BCUT2D eigenvalue weighted by Crippen LogP contribution is -2.14. The fraction of sp³-hybridized carbons (Fsp3) is 0.0508. The van der Waals surface area contributed by atoms with E-state index in [0.29, 0.717) is 5.82 Å². The third kappa shape index (κ3) is 5.96. The number of rotatable bonds is 6. The van der Waals surface area contributed by atoms with E-state index in [2.05, 4.69) is 202 Å². The van der Waals surface area contributed by atoms with Gasteiger partial charge in [0.1, 0.15) is 11.2 Å². The summed E-state index contributed by atoms with van der Waals surface area (Å²) in [5, 5.41) is 4.63. The number of aromatic nitrogens is 2. The second-order valence-electron chi connectivity index (χ2n) is 17.0. The van der Waals surface area contributed by atoms with E-state index in [1.165, 1.54) is 33.0 Å². The normalized spacial score (nSPS) is 12.8. The molecule has 0 radical (unpaired) electrons. The summed E-state index contributed by atoms with van der Waals surface area (Å²) in [5.74, 6) is 0.682. The zero-order valence-electron chi connectivity index (χ0n) is 34.4. The zero-order chi connectivity index (χ0) is 41.4. The van der Waals surface area contributed by atoms with Crippen LogP contribution >= 0.6 is 0 Å². The summed E-state index contributed by atoms with van der Waals surface area (Å²) in [7, 11) is 0. The minimum absolute atomic E-state index is 0.0611. The van der Waals surface area contributed by atoms with Crippen molar-refractivity contribution in [2.24, 2.45) is 0 Å². The van der Waals surface area contributed by atoms with Crippen molar-refractivity contribution in [2.45, 2.75) is 19.3 Å². The van der Waals surface area contributed by atoms with E-state index >= 15 is 0 Å². The maximum absolute atomic E-state index is 6.25. The zero-order valence-corrected chi connectivity index (χ0v) is 34.4. The first-order chi connectivity index (χ1) is 30.4. The van der Waals surface area contributed by atoms with Gasteiger partial charge in [-0.3, -0.25) is 0 Å². The van der Waals surface area contributed by atoms with Crippen LogP contribution in [0.1, 0.15) is 25.0 Å². The molecular formula is C59H40N2O. The summed E-state index contributed by atoms with van der Waals surface area (Å²) in [6, 6.07) is 73.9. The van der Waals surface area contributed by atoms with Gasteiger partial charge < -0.3 is 4.42 Å². The van der Waals surface area contributed by atoms with Crippen molar-refractivity contribution >= 4 is 32.7 Å². The molecule has 1 aliphatic rings. The summed E-state index contributed by atoms with van der Waals surface area (Å²) >= 11 is 0. The predicted octanol–water partition coefficient (Wildman–Crippen LogP) is 15.8. The number of nitrogens with zero attached hydrogens (tertiary/aromatic N) is 2. The molecule has 0 saturated carbocycles. The Morgan fingerprint density at radius 2 is 0.952 bits per heavy atom. The summed E-state index contributed by atoms with van der Waals surface area (Å²) in [5.41, 5.74) is 18.6. The highest BCUT2D eigenvalue weighted by atomic mass is 16.3. The molecular weight excluding hydrogens is 753 g/mol. The molecule has 2 heterocycles. The van der Waals surface area contributed by atoms with Gasteiger partial charge >= 0.3 is 0 Å². The Balaban J connectivity index is 1.06. The first-order valence-corrected chi connectivity index (χ1v) is 21.3. The van der Waals surface area contributed by atoms with Crippen LogP contribution in [-0.4, -0.2) is 9.97 Å². The van der Waals surface area contributed by atoms with E-state index in [9.17, 15) is 0 Å². The van der Waals surface area contributed by atoms with Crippen molar-refractivity contribution in [3.8, 4) is 78.4 Å². The highest BCUT2D eigenvalue weighted by Gasteiger charge is 2.35. The topological polar surface area (TPSA) is 38.9 Å². The number of fused-ring (bicyclic) bond motifs is 7.